The molecule has 16 heavy (non-hydrogen) atoms. The van der Waals surface area contributed by atoms with Gasteiger partial charge >= 0.3 is 0 Å². The number of aliphatic hydroxyl groups is 1. The largest absolute Gasteiger partial charge is 0.493 e. The van der Waals surface area contributed by atoms with Crippen LogP contribution >= 0.6 is 0 Å². The van der Waals surface area contributed by atoms with E-state index in [2.05, 4.69) is 0 Å². The molecule has 2 rings (SSSR count). The monoisotopic (exact) mass is 222 g/mol. The molecule has 0 aliphatic carbocycles. The molecular weight excluding hydrogens is 208 g/mol. The number of rotatable bonds is 2. The van der Waals surface area contributed by atoms with Crippen LogP contribution in [0.5, 0.6) is 5.75 Å². The number of amides is 1. The maximum absolute atomic E-state index is 11.0. The number of hydrogen-bond donors (Lipinski definition) is 3. The Hall–Kier alpha value is -1.59. The van der Waals surface area contributed by atoms with Crippen molar-refractivity contribution in [3.8, 4) is 5.75 Å². The molecular formula is C11H14N2O3. The van der Waals surface area contributed by atoms with Crippen molar-refractivity contribution in [2.75, 3.05) is 6.61 Å². The molecule has 1 aliphatic heterocycles. The highest BCUT2D eigenvalue weighted by Gasteiger charge is 2.25. The number of fused-ring (bicyclic) bond motifs is 1. The Bertz CT molecular complexity index is 420. The van der Waals surface area contributed by atoms with Gasteiger partial charge < -0.3 is 21.3 Å². The van der Waals surface area contributed by atoms with E-state index in [1.807, 2.05) is 6.07 Å². The molecule has 1 aliphatic rings. The number of nitrogens with two attached hydrogens (primary N) is 2. The van der Waals surface area contributed by atoms with Crippen molar-refractivity contribution in [3.05, 3.63) is 29.3 Å². The van der Waals surface area contributed by atoms with E-state index in [9.17, 15) is 9.90 Å². The second-order valence-corrected chi connectivity index (χ2v) is 3.81. The summed E-state index contributed by atoms with van der Waals surface area (Å²) >= 11 is 0. The van der Waals surface area contributed by atoms with E-state index in [1.54, 1.807) is 12.1 Å². The summed E-state index contributed by atoms with van der Waals surface area (Å²) in [5.74, 6) is -0.302. The Morgan fingerprint density at radius 1 is 1.56 bits per heavy atom. The summed E-state index contributed by atoms with van der Waals surface area (Å²) < 4.78 is 5.45. The predicted octanol–water partition coefficient (Wildman–Crippen LogP) is -0.0124. The summed E-state index contributed by atoms with van der Waals surface area (Å²) in [6, 6.07) is 5.06. The SMILES string of the molecule is NC(=O)C(O)c1cccc2c1OCCC2N. The molecule has 1 amide bonds. The summed E-state index contributed by atoms with van der Waals surface area (Å²) in [7, 11) is 0. The number of ether oxygens (including phenoxy) is 1. The zero-order valence-corrected chi connectivity index (χ0v) is 8.72. The number of para-hydroxylation sites is 1. The van der Waals surface area contributed by atoms with Gasteiger partial charge in [-0.2, -0.15) is 0 Å². The average Bonchev–Trinajstić information content (AvgIpc) is 2.28. The first-order chi connectivity index (χ1) is 7.61. The Balaban J connectivity index is 2.47. The molecule has 0 spiro atoms. The molecule has 2 atom stereocenters. The van der Waals surface area contributed by atoms with Crippen molar-refractivity contribution < 1.29 is 14.6 Å². The minimum absolute atomic E-state index is 0.122. The molecule has 0 saturated carbocycles. The summed E-state index contributed by atoms with van der Waals surface area (Å²) in [6.45, 7) is 0.483. The van der Waals surface area contributed by atoms with Crippen molar-refractivity contribution >= 4 is 5.91 Å². The second kappa shape index (κ2) is 4.11. The number of hydrogen-bond acceptors (Lipinski definition) is 4. The molecule has 0 aromatic heterocycles. The molecule has 0 radical (unpaired) electrons. The van der Waals surface area contributed by atoms with Crippen LogP contribution in [0, 0.1) is 0 Å². The van der Waals surface area contributed by atoms with Gasteiger partial charge in [0.25, 0.3) is 5.91 Å². The summed E-state index contributed by atoms with van der Waals surface area (Å²) in [6.07, 6.45) is -0.622. The van der Waals surface area contributed by atoms with Gasteiger partial charge in [-0.05, 0) is 0 Å². The van der Waals surface area contributed by atoms with Crippen LogP contribution in [-0.2, 0) is 4.79 Å². The molecule has 1 aromatic rings. The first-order valence-corrected chi connectivity index (χ1v) is 5.10. The normalized spacial score (nSPS) is 20.8. The fourth-order valence-electron chi connectivity index (χ4n) is 1.84. The second-order valence-electron chi connectivity index (χ2n) is 3.81. The molecule has 1 aromatic carbocycles. The van der Waals surface area contributed by atoms with Crippen molar-refractivity contribution in [1.29, 1.82) is 0 Å². The lowest BCUT2D eigenvalue weighted by Gasteiger charge is -2.25. The van der Waals surface area contributed by atoms with Gasteiger partial charge in [0.15, 0.2) is 6.10 Å². The lowest BCUT2D eigenvalue weighted by Crippen LogP contribution is -2.25. The highest BCUT2D eigenvalue weighted by molar-refractivity contribution is 5.81. The van der Waals surface area contributed by atoms with Gasteiger partial charge in [0.1, 0.15) is 5.75 Å². The van der Waals surface area contributed by atoms with Crippen LogP contribution in [0.2, 0.25) is 0 Å². The van der Waals surface area contributed by atoms with Crippen LogP contribution in [0.1, 0.15) is 29.7 Å². The van der Waals surface area contributed by atoms with Gasteiger partial charge in [0.05, 0.1) is 6.61 Å². The third-order valence-corrected chi connectivity index (χ3v) is 2.71. The van der Waals surface area contributed by atoms with Gasteiger partial charge in [-0.25, -0.2) is 0 Å². The lowest BCUT2D eigenvalue weighted by molar-refractivity contribution is -0.126. The van der Waals surface area contributed by atoms with E-state index in [1.165, 1.54) is 0 Å². The first-order valence-electron chi connectivity index (χ1n) is 5.10. The Kier molecular flexibility index (Phi) is 2.80. The number of carbonyl (C=O) groups excluding carboxylic acids is 1. The van der Waals surface area contributed by atoms with Crippen LogP contribution in [0.15, 0.2) is 18.2 Å². The number of primary amides is 1. The summed E-state index contributed by atoms with van der Waals surface area (Å²) in [5.41, 5.74) is 12.2. The fraction of sp³-hybridized carbons (Fsp3) is 0.364. The number of carbonyl (C=O) groups is 1. The maximum atomic E-state index is 11.0. The van der Waals surface area contributed by atoms with E-state index < -0.39 is 12.0 Å². The molecule has 5 nitrogen and oxygen atoms in total. The summed E-state index contributed by atoms with van der Waals surface area (Å²) in [4.78, 5) is 11.0. The molecule has 5 N–H and O–H groups in total. The lowest BCUT2D eigenvalue weighted by atomic mass is 9.96. The molecule has 0 saturated heterocycles. The smallest absolute Gasteiger partial charge is 0.251 e. The first kappa shape index (κ1) is 10.9. The zero-order valence-electron chi connectivity index (χ0n) is 8.72. The van der Waals surface area contributed by atoms with E-state index in [0.717, 1.165) is 12.0 Å². The Morgan fingerprint density at radius 3 is 3.00 bits per heavy atom. The van der Waals surface area contributed by atoms with Crippen molar-refractivity contribution in [1.82, 2.24) is 0 Å². The van der Waals surface area contributed by atoms with Gasteiger partial charge in [0.2, 0.25) is 0 Å². The average molecular weight is 222 g/mol. The van der Waals surface area contributed by atoms with E-state index in [-0.39, 0.29) is 6.04 Å². The number of benzene rings is 1. The van der Waals surface area contributed by atoms with Crippen LogP contribution in [0.3, 0.4) is 0 Å². The van der Waals surface area contributed by atoms with Crippen LogP contribution < -0.4 is 16.2 Å². The van der Waals surface area contributed by atoms with Gasteiger partial charge in [0, 0.05) is 23.6 Å². The minimum Gasteiger partial charge on any atom is -0.493 e. The maximum Gasteiger partial charge on any atom is 0.251 e. The molecule has 2 unspecified atom stereocenters. The summed E-state index contributed by atoms with van der Waals surface area (Å²) in [5, 5.41) is 9.64. The zero-order chi connectivity index (χ0) is 11.7. The fourth-order valence-corrected chi connectivity index (χ4v) is 1.84. The third-order valence-electron chi connectivity index (χ3n) is 2.71. The van der Waals surface area contributed by atoms with E-state index in [0.29, 0.717) is 17.9 Å². The predicted molar refractivity (Wildman–Crippen MR) is 57.6 cm³/mol. The molecule has 86 valence electrons. The minimum atomic E-state index is -1.35. The van der Waals surface area contributed by atoms with Crippen LogP contribution in [0.4, 0.5) is 0 Å². The molecule has 5 heteroatoms. The van der Waals surface area contributed by atoms with E-state index >= 15 is 0 Å². The van der Waals surface area contributed by atoms with Crippen LogP contribution in [0.25, 0.3) is 0 Å². The molecule has 0 bridgehead atoms. The quantitative estimate of drug-likeness (QED) is 0.655. The Labute approximate surface area is 93.0 Å². The highest BCUT2D eigenvalue weighted by atomic mass is 16.5. The van der Waals surface area contributed by atoms with Gasteiger partial charge in [-0.15, -0.1) is 0 Å². The van der Waals surface area contributed by atoms with E-state index in [4.69, 9.17) is 16.2 Å². The van der Waals surface area contributed by atoms with Gasteiger partial charge in [-0.1, -0.05) is 18.2 Å². The van der Waals surface area contributed by atoms with Crippen molar-refractivity contribution in [2.45, 2.75) is 18.6 Å². The van der Waals surface area contributed by atoms with Crippen LogP contribution in [-0.4, -0.2) is 17.6 Å². The van der Waals surface area contributed by atoms with Crippen molar-refractivity contribution in [2.24, 2.45) is 11.5 Å². The van der Waals surface area contributed by atoms with Crippen molar-refractivity contribution in [3.63, 3.8) is 0 Å². The topological polar surface area (TPSA) is 98.6 Å². The van der Waals surface area contributed by atoms with Gasteiger partial charge in [-0.3, -0.25) is 4.79 Å². The standard InChI is InChI=1S/C11H14N2O3/c12-8-4-5-16-10-6(8)2-1-3-7(10)9(14)11(13)15/h1-3,8-9,14H,4-5,12H2,(H2,13,15). The highest BCUT2D eigenvalue weighted by Crippen LogP contribution is 2.36. The third kappa shape index (κ3) is 1.75. The Morgan fingerprint density at radius 2 is 2.31 bits per heavy atom. The molecule has 0 fully saturated rings. The number of aliphatic hydroxyl groups excluding tert-OH is 1. The molecule has 1 heterocycles.